The molecule has 0 aliphatic carbocycles. The van der Waals surface area contributed by atoms with Gasteiger partial charge >= 0.3 is 0 Å². The number of hydrogen-bond donors (Lipinski definition) is 0. The maximum atomic E-state index is 8.93. The van der Waals surface area contributed by atoms with Crippen molar-refractivity contribution in [1.82, 2.24) is 15.0 Å². The lowest BCUT2D eigenvalue weighted by molar-refractivity contribution is 1.06. The smallest absolute Gasteiger partial charge is 0.162 e. The number of fused-ring (bicyclic) bond motifs is 6. The quantitative estimate of drug-likeness (QED) is 0.408. The zero-order valence-corrected chi connectivity index (χ0v) is 12.0. The van der Waals surface area contributed by atoms with Crippen LogP contribution >= 0.6 is 0 Å². The Balaban J connectivity index is 2.28. The van der Waals surface area contributed by atoms with Crippen molar-refractivity contribution in [3.05, 3.63) is 79.1 Å². The highest BCUT2D eigenvalue weighted by Crippen LogP contribution is 2.36. The standard InChI is InChI=1S/C21H13N3/c1-2-7-17-15(5-1)16-6-3-4-8-18(16)20-11-14(9-10-19(17)20)21-23-12-22-13-24-21/h1-13H/i1D,2D,3D,4D,5D,6D,7D,8D,9D,10D,11D. The van der Waals surface area contributed by atoms with E-state index in [1.165, 1.54) is 0 Å². The van der Waals surface area contributed by atoms with Gasteiger partial charge in [-0.2, -0.15) is 0 Å². The van der Waals surface area contributed by atoms with Gasteiger partial charge in [-0.3, -0.25) is 0 Å². The van der Waals surface area contributed by atoms with E-state index < -0.39 is 66.5 Å². The van der Waals surface area contributed by atoms with Gasteiger partial charge in [0.25, 0.3) is 0 Å². The van der Waals surface area contributed by atoms with Crippen molar-refractivity contribution in [2.24, 2.45) is 0 Å². The van der Waals surface area contributed by atoms with Crippen molar-refractivity contribution in [2.45, 2.75) is 0 Å². The highest BCUT2D eigenvalue weighted by molar-refractivity contribution is 6.25. The molecule has 0 unspecified atom stereocenters. The van der Waals surface area contributed by atoms with Gasteiger partial charge < -0.3 is 0 Å². The minimum Gasteiger partial charge on any atom is -0.225 e. The van der Waals surface area contributed by atoms with Gasteiger partial charge in [0.1, 0.15) is 12.7 Å². The van der Waals surface area contributed by atoms with Crippen molar-refractivity contribution in [3.8, 4) is 11.4 Å². The Morgan fingerprint density at radius 3 is 1.67 bits per heavy atom. The van der Waals surface area contributed by atoms with Gasteiger partial charge in [-0.1, -0.05) is 60.4 Å². The Kier molecular flexibility index (Phi) is 1.34. The molecule has 0 saturated heterocycles. The van der Waals surface area contributed by atoms with E-state index in [0.29, 0.717) is 0 Å². The third-order valence-corrected chi connectivity index (χ3v) is 3.65. The molecule has 0 spiro atoms. The Morgan fingerprint density at radius 2 is 1.08 bits per heavy atom. The maximum Gasteiger partial charge on any atom is 0.162 e. The normalized spacial score (nSPS) is 17.8. The highest BCUT2D eigenvalue weighted by atomic mass is 15.0. The molecule has 0 atom stereocenters. The van der Waals surface area contributed by atoms with E-state index in [4.69, 9.17) is 15.1 Å². The van der Waals surface area contributed by atoms with Crippen LogP contribution in [0.5, 0.6) is 0 Å². The molecule has 5 aromatic rings. The molecule has 3 nitrogen and oxygen atoms in total. The summed E-state index contributed by atoms with van der Waals surface area (Å²) >= 11 is 0. The van der Waals surface area contributed by atoms with Crippen LogP contribution in [0.4, 0.5) is 0 Å². The summed E-state index contributed by atoms with van der Waals surface area (Å²) in [6, 6.07) is -5.96. The molecule has 0 radical (unpaired) electrons. The number of rotatable bonds is 1. The fourth-order valence-corrected chi connectivity index (χ4v) is 2.64. The third-order valence-electron chi connectivity index (χ3n) is 3.65. The van der Waals surface area contributed by atoms with Crippen molar-refractivity contribution >= 4 is 32.3 Å². The van der Waals surface area contributed by atoms with Crippen molar-refractivity contribution in [3.63, 3.8) is 0 Å². The van der Waals surface area contributed by atoms with E-state index in [0.717, 1.165) is 12.7 Å². The lowest BCUT2D eigenvalue weighted by Crippen LogP contribution is -1.90. The molecule has 112 valence electrons. The summed E-state index contributed by atoms with van der Waals surface area (Å²) < 4.78 is 93.0. The van der Waals surface area contributed by atoms with Crippen molar-refractivity contribution in [2.75, 3.05) is 0 Å². The van der Waals surface area contributed by atoms with Gasteiger partial charge in [-0.05, 0) is 38.4 Å². The van der Waals surface area contributed by atoms with Crippen LogP contribution in [-0.4, -0.2) is 15.0 Å². The summed E-state index contributed by atoms with van der Waals surface area (Å²) in [4.78, 5) is 11.7. The van der Waals surface area contributed by atoms with Gasteiger partial charge in [-0.25, -0.2) is 15.0 Å². The number of benzene rings is 4. The topological polar surface area (TPSA) is 38.7 Å². The van der Waals surface area contributed by atoms with E-state index >= 15 is 0 Å². The number of aromatic nitrogens is 3. The summed E-state index contributed by atoms with van der Waals surface area (Å²) in [5, 5.41) is -1.11. The van der Waals surface area contributed by atoms with E-state index in [-0.39, 0.29) is 43.7 Å². The SMILES string of the molecule is [2H]c1c([2H])c([2H])c2c(c1[2H])c1c([2H])c([2H])c([2H])c([2H])c1c1c([2H])c(-c3ncncn3)c([2H])c([2H])c21. The van der Waals surface area contributed by atoms with Crippen LogP contribution in [0, 0.1) is 0 Å². The van der Waals surface area contributed by atoms with Crippen LogP contribution in [-0.2, 0) is 0 Å². The minimum absolute atomic E-state index is 0.0885. The molecule has 0 N–H and O–H groups in total. The second-order valence-corrected chi connectivity index (χ2v) is 4.96. The molecule has 5 rings (SSSR count). The predicted molar refractivity (Wildman–Crippen MR) is 97.8 cm³/mol. The van der Waals surface area contributed by atoms with Crippen LogP contribution in [0.3, 0.4) is 0 Å². The van der Waals surface area contributed by atoms with Crippen LogP contribution in [0.15, 0.2) is 79.1 Å². The van der Waals surface area contributed by atoms with Gasteiger partial charge in [0.2, 0.25) is 0 Å². The average molecular weight is 318 g/mol. The van der Waals surface area contributed by atoms with Crippen LogP contribution < -0.4 is 0 Å². The van der Waals surface area contributed by atoms with Gasteiger partial charge in [0, 0.05) is 5.56 Å². The first-order valence-corrected chi connectivity index (χ1v) is 6.98. The Morgan fingerprint density at radius 1 is 0.583 bits per heavy atom. The van der Waals surface area contributed by atoms with Gasteiger partial charge in [0.05, 0.1) is 15.1 Å². The summed E-state index contributed by atoms with van der Waals surface area (Å²) in [5.41, 5.74) is -0.168. The summed E-state index contributed by atoms with van der Waals surface area (Å²) in [6.45, 7) is 0. The monoisotopic (exact) mass is 318 g/mol. The van der Waals surface area contributed by atoms with E-state index in [1.54, 1.807) is 0 Å². The van der Waals surface area contributed by atoms with Crippen molar-refractivity contribution < 1.29 is 15.1 Å². The molecule has 24 heavy (non-hydrogen) atoms. The number of hydrogen-bond acceptors (Lipinski definition) is 3. The molecule has 1 aromatic heterocycles. The molecule has 0 aliphatic heterocycles. The van der Waals surface area contributed by atoms with Crippen LogP contribution in [0.25, 0.3) is 43.7 Å². The van der Waals surface area contributed by atoms with Gasteiger partial charge in [-0.15, -0.1) is 0 Å². The molecular formula is C21H13N3. The molecule has 0 bridgehead atoms. The first kappa shape index (κ1) is 6.29. The summed E-state index contributed by atoms with van der Waals surface area (Å²) in [5.74, 6) is -0.0885. The second kappa shape index (κ2) is 5.10. The lowest BCUT2D eigenvalue weighted by atomic mass is 9.93. The molecular weight excluding hydrogens is 294 g/mol. The van der Waals surface area contributed by atoms with Crippen molar-refractivity contribution in [1.29, 1.82) is 0 Å². The molecule has 3 heteroatoms. The summed E-state index contributed by atoms with van der Waals surface area (Å²) in [7, 11) is 0. The van der Waals surface area contributed by atoms with Crippen LogP contribution in [0.1, 0.15) is 15.1 Å². The minimum atomic E-state index is -0.610. The molecule has 0 saturated carbocycles. The molecule has 1 heterocycles. The van der Waals surface area contributed by atoms with Crippen LogP contribution in [0.2, 0.25) is 0 Å². The molecule has 0 aliphatic rings. The lowest BCUT2D eigenvalue weighted by Gasteiger charge is -2.11. The molecule has 0 fully saturated rings. The Labute approximate surface area is 154 Å². The first-order valence-electron chi connectivity index (χ1n) is 12.5. The zero-order chi connectivity index (χ0) is 25.5. The zero-order valence-electron chi connectivity index (χ0n) is 23.0. The van der Waals surface area contributed by atoms with E-state index in [2.05, 4.69) is 15.0 Å². The fraction of sp³-hybridized carbons (Fsp3) is 0. The first-order chi connectivity index (χ1) is 16.5. The predicted octanol–water partition coefficient (Wildman–Crippen LogP) is 5.00. The third kappa shape index (κ3) is 1.88. The molecule has 4 aromatic carbocycles. The van der Waals surface area contributed by atoms with Gasteiger partial charge in [0.15, 0.2) is 5.82 Å². The summed E-state index contributed by atoms with van der Waals surface area (Å²) in [6.07, 6.45) is 2.30. The number of nitrogens with zero attached hydrogens (tertiary/aromatic N) is 3. The largest absolute Gasteiger partial charge is 0.225 e. The Bertz CT molecular complexity index is 1710. The maximum absolute atomic E-state index is 8.93. The molecule has 0 amide bonds. The average Bonchev–Trinajstić information content (AvgIpc) is 2.85. The van der Waals surface area contributed by atoms with E-state index in [1.807, 2.05) is 0 Å². The second-order valence-electron chi connectivity index (χ2n) is 4.96. The highest BCUT2D eigenvalue weighted by Gasteiger charge is 2.09. The fourth-order valence-electron chi connectivity index (χ4n) is 2.64. The van der Waals surface area contributed by atoms with E-state index in [9.17, 15) is 0 Å². The Hall–Kier alpha value is -3.33.